The molecule has 0 saturated carbocycles. The van der Waals surface area contributed by atoms with E-state index in [-0.39, 0.29) is 23.7 Å². The first-order valence-corrected chi connectivity index (χ1v) is 8.06. The largest absolute Gasteiger partial charge is 0.433 e. The summed E-state index contributed by atoms with van der Waals surface area (Å²) >= 11 is 0. The quantitative estimate of drug-likeness (QED) is 0.581. The molecule has 0 bridgehead atoms. The van der Waals surface area contributed by atoms with Crippen LogP contribution >= 0.6 is 0 Å². The number of alkyl halides is 4. The zero-order valence-electron chi connectivity index (χ0n) is 14.7. The fourth-order valence-corrected chi connectivity index (χ4v) is 2.79. The fraction of sp³-hybridized carbons (Fsp3) is 0.294. The molecule has 0 aliphatic carbocycles. The van der Waals surface area contributed by atoms with Crippen LogP contribution in [-0.4, -0.2) is 35.4 Å². The van der Waals surface area contributed by atoms with Crippen molar-refractivity contribution in [2.45, 2.75) is 13.1 Å². The maximum Gasteiger partial charge on any atom is 0.433 e. The Labute approximate surface area is 152 Å². The summed E-state index contributed by atoms with van der Waals surface area (Å²) in [4.78, 5) is 4.96. The van der Waals surface area contributed by atoms with E-state index in [0.29, 0.717) is 5.69 Å². The number of pyridine rings is 1. The maximum absolute atomic E-state index is 13.3. The lowest BCUT2D eigenvalue weighted by atomic mass is 10.1. The zero-order valence-corrected chi connectivity index (χ0v) is 14.7. The molecule has 0 saturated heterocycles. The molecular weight excluding hydrogens is 364 g/mol. The highest BCUT2D eigenvalue weighted by Crippen LogP contribution is 2.37. The summed E-state index contributed by atoms with van der Waals surface area (Å²) in [5.74, 6) is -0.146. The number of anilines is 4. The number of nitrogen functional groups attached to an aromatic ring is 1. The van der Waals surface area contributed by atoms with Gasteiger partial charge in [-0.25, -0.2) is 9.37 Å². The van der Waals surface area contributed by atoms with E-state index >= 15 is 0 Å². The molecule has 3 aromatic rings. The van der Waals surface area contributed by atoms with E-state index in [1.165, 1.54) is 11.9 Å². The first kappa shape index (κ1) is 18.7. The molecule has 4 N–H and O–H groups in total. The van der Waals surface area contributed by atoms with Crippen LogP contribution in [0.4, 0.5) is 40.4 Å². The number of aromatic amines is 1. The van der Waals surface area contributed by atoms with Gasteiger partial charge in [0.25, 0.3) is 0 Å². The molecule has 0 spiro atoms. The van der Waals surface area contributed by atoms with Crippen molar-refractivity contribution in [2.75, 3.05) is 36.2 Å². The number of nitrogens with zero attached hydrogens (tertiary/aromatic N) is 3. The molecule has 0 radical (unpaired) electrons. The zero-order chi connectivity index (χ0) is 19.8. The minimum atomic E-state index is -4.67. The highest BCUT2D eigenvalue weighted by molar-refractivity contribution is 5.88. The number of benzene rings is 1. The third-order valence-corrected chi connectivity index (χ3v) is 4.17. The van der Waals surface area contributed by atoms with Crippen LogP contribution in [0, 0.1) is 6.92 Å². The highest BCUT2D eigenvalue weighted by Gasteiger charge is 2.34. The van der Waals surface area contributed by atoms with Gasteiger partial charge in [-0.2, -0.15) is 18.3 Å². The Balaban J connectivity index is 2.08. The first-order valence-electron chi connectivity index (χ1n) is 8.06. The van der Waals surface area contributed by atoms with Crippen LogP contribution in [0.5, 0.6) is 0 Å². The van der Waals surface area contributed by atoms with Crippen molar-refractivity contribution in [1.29, 1.82) is 0 Å². The number of halogens is 4. The van der Waals surface area contributed by atoms with Crippen molar-refractivity contribution in [2.24, 2.45) is 0 Å². The third kappa shape index (κ3) is 3.74. The van der Waals surface area contributed by atoms with Gasteiger partial charge in [-0.1, -0.05) is 0 Å². The van der Waals surface area contributed by atoms with Crippen molar-refractivity contribution in [1.82, 2.24) is 15.2 Å². The Morgan fingerprint density at radius 3 is 2.67 bits per heavy atom. The van der Waals surface area contributed by atoms with E-state index in [2.05, 4.69) is 20.5 Å². The highest BCUT2D eigenvalue weighted by atomic mass is 19.4. The van der Waals surface area contributed by atoms with Crippen LogP contribution in [-0.2, 0) is 6.18 Å². The Bertz CT molecular complexity index is 966. The number of hydrogen-bond donors (Lipinski definition) is 3. The van der Waals surface area contributed by atoms with Gasteiger partial charge in [0.05, 0.1) is 23.1 Å². The normalized spacial score (nSPS) is 11.8. The number of nitrogens with one attached hydrogen (secondary N) is 2. The number of H-pyrrole nitrogens is 1. The second kappa shape index (κ2) is 6.93. The molecule has 144 valence electrons. The predicted molar refractivity (Wildman–Crippen MR) is 97.0 cm³/mol. The van der Waals surface area contributed by atoms with Crippen molar-refractivity contribution >= 4 is 33.8 Å². The maximum atomic E-state index is 13.3. The molecule has 0 amide bonds. The van der Waals surface area contributed by atoms with Crippen LogP contribution < -0.4 is 16.0 Å². The van der Waals surface area contributed by atoms with Crippen molar-refractivity contribution < 1.29 is 17.6 Å². The molecular formula is C17H18F4N6. The number of rotatable bonds is 5. The Hall–Kier alpha value is -3.04. The molecule has 0 unspecified atom stereocenters. The second-order valence-electron chi connectivity index (χ2n) is 6.15. The van der Waals surface area contributed by atoms with Gasteiger partial charge in [-0.05, 0) is 30.7 Å². The van der Waals surface area contributed by atoms with Crippen LogP contribution in [0.15, 0.2) is 24.4 Å². The van der Waals surface area contributed by atoms with E-state index in [9.17, 15) is 17.6 Å². The summed E-state index contributed by atoms with van der Waals surface area (Å²) < 4.78 is 52.4. The van der Waals surface area contributed by atoms with Gasteiger partial charge >= 0.3 is 6.18 Å². The molecule has 0 fully saturated rings. The van der Waals surface area contributed by atoms with Crippen LogP contribution in [0.1, 0.15) is 11.3 Å². The van der Waals surface area contributed by atoms with Crippen molar-refractivity contribution in [3.05, 3.63) is 35.7 Å². The molecule has 2 heterocycles. The molecule has 6 nitrogen and oxygen atoms in total. The standard InChI is InChI=1S/C17H18F4N6/c1-9-5-11(6-10-8-23-26-15(9)10)24-16-14(22)12(27(2)4-3-18)7-13(25-16)17(19,20)21/h5-8H,3-4,22H2,1-2H3,(H,23,26)(H,24,25). The molecule has 10 heteroatoms. The topological polar surface area (TPSA) is 82.9 Å². The van der Waals surface area contributed by atoms with Gasteiger partial charge in [-0.15, -0.1) is 0 Å². The summed E-state index contributed by atoms with van der Waals surface area (Å²) in [5, 5.41) is 10.4. The van der Waals surface area contributed by atoms with Crippen LogP contribution in [0.25, 0.3) is 10.9 Å². The van der Waals surface area contributed by atoms with Crippen molar-refractivity contribution in [3.63, 3.8) is 0 Å². The molecule has 2 aromatic heterocycles. The molecule has 0 atom stereocenters. The minimum absolute atomic E-state index is 0.00361. The lowest BCUT2D eigenvalue weighted by Crippen LogP contribution is -2.23. The SMILES string of the molecule is Cc1cc(Nc2nc(C(F)(F)F)cc(N(C)CCF)c2N)cc2cn[nH]c12. The first-order chi connectivity index (χ1) is 12.7. The predicted octanol–water partition coefficient (Wildman–Crippen LogP) is 4.02. The van der Waals surface area contributed by atoms with Gasteiger partial charge in [0.2, 0.25) is 0 Å². The Morgan fingerprint density at radius 2 is 2.00 bits per heavy atom. The monoisotopic (exact) mass is 382 g/mol. The summed E-state index contributed by atoms with van der Waals surface area (Å²) in [6.45, 7) is 1.03. The second-order valence-corrected chi connectivity index (χ2v) is 6.15. The van der Waals surface area contributed by atoms with E-state index < -0.39 is 18.5 Å². The van der Waals surface area contributed by atoms with Crippen LogP contribution in [0.3, 0.4) is 0 Å². The summed E-state index contributed by atoms with van der Waals surface area (Å²) in [6.07, 6.45) is -3.06. The van der Waals surface area contributed by atoms with Gasteiger partial charge in [0.1, 0.15) is 12.4 Å². The summed E-state index contributed by atoms with van der Waals surface area (Å²) in [6, 6.07) is 4.28. The Morgan fingerprint density at radius 1 is 1.26 bits per heavy atom. The number of aromatic nitrogens is 3. The number of aryl methyl sites for hydroxylation is 1. The van der Waals surface area contributed by atoms with Gasteiger partial charge in [-0.3, -0.25) is 5.10 Å². The van der Waals surface area contributed by atoms with E-state index in [1.807, 2.05) is 6.92 Å². The average Bonchev–Trinajstić information content (AvgIpc) is 3.05. The van der Waals surface area contributed by atoms with Crippen molar-refractivity contribution in [3.8, 4) is 0 Å². The molecule has 0 aliphatic heterocycles. The number of fused-ring (bicyclic) bond motifs is 1. The lowest BCUT2D eigenvalue weighted by Gasteiger charge is -2.23. The fourth-order valence-electron chi connectivity index (χ4n) is 2.79. The number of hydrogen-bond acceptors (Lipinski definition) is 5. The smallest absolute Gasteiger partial charge is 0.394 e. The summed E-state index contributed by atoms with van der Waals surface area (Å²) in [7, 11) is 1.47. The van der Waals surface area contributed by atoms with E-state index in [4.69, 9.17) is 5.73 Å². The molecule has 1 aromatic carbocycles. The third-order valence-electron chi connectivity index (χ3n) is 4.17. The minimum Gasteiger partial charge on any atom is -0.394 e. The molecule has 0 aliphatic rings. The van der Waals surface area contributed by atoms with Gasteiger partial charge in [0, 0.05) is 24.7 Å². The number of nitrogens with two attached hydrogens (primary N) is 1. The van der Waals surface area contributed by atoms with Gasteiger partial charge in [0.15, 0.2) is 5.82 Å². The summed E-state index contributed by atoms with van der Waals surface area (Å²) in [5.41, 5.74) is 7.17. The molecule has 3 rings (SSSR count). The Kier molecular flexibility index (Phi) is 4.81. The van der Waals surface area contributed by atoms with Crippen LogP contribution in [0.2, 0.25) is 0 Å². The van der Waals surface area contributed by atoms with E-state index in [1.54, 1.807) is 18.3 Å². The lowest BCUT2D eigenvalue weighted by molar-refractivity contribution is -0.141. The molecule has 27 heavy (non-hydrogen) atoms. The average molecular weight is 382 g/mol. The van der Waals surface area contributed by atoms with E-state index in [0.717, 1.165) is 22.5 Å². The van der Waals surface area contributed by atoms with Gasteiger partial charge < -0.3 is 16.0 Å².